The number of ether oxygens (including phenoxy) is 4. The zero-order valence-electron chi connectivity index (χ0n) is 26.0. The highest BCUT2D eigenvalue weighted by Crippen LogP contribution is 2.67. The van der Waals surface area contributed by atoms with Gasteiger partial charge in [-0.2, -0.15) is 0 Å². The molecule has 4 aliphatic carbocycles. The minimum absolute atomic E-state index is 0.00601. The Morgan fingerprint density at radius 2 is 1.77 bits per heavy atom. The van der Waals surface area contributed by atoms with Gasteiger partial charge in [-0.3, -0.25) is 0 Å². The largest absolute Gasteiger partial charge is 0.509 e. The molecule has 3 saturated carbocycles. The number of carbonyl (C=O) groups is 2. The Bertz CT molecular complexity index is 961. The average Bonchev–Trinajstić information content (AvgIpc) is 3.27. The fourth-order valence-electron chi connectivity index (χ4n) is 9.89. The first-order valence-corrected chi connectivity index (χ1v) is 16.4. The molecule has 5 aliphatic rings. The van der Waals surface area contributed by atoms with E-state index in [2.05, 4.69) is 40.7 Å². The van der Waals surface area contributed by atoms with Gasteiger partial charge in [0.25, 0.3) is 0 Å². The van der Waals surface area contributed by atoms with Crippen molar-refractivity contribution in [3.8, 4) is 0 Å². The van der Waals surface area contributed by atoms with E-state index in [1.807, 2.05) is 6.92 Å². The number of fused-ring (bicyclic) bond motifs is 5. The Morgan fingerprint density at radius 3 is 2.48 bits per heavy atom. The van der Waals surface area contributed by atoms with Crippen molar-refractivity contribution in [1.82, 2.24) is 0 Å². The lowest BCUT2D eigenvalue weighted by Gasteiger charge is -2.58. The predicted molar refractivity (Wildman–Crippen MR) is 155 cm³/mol. The van der Waals surface area contributed by atoms with Gasteiger partial charge in [-0.25, -0.2) is 9.59 Å². The van der Waals surface area contributed by atoms with E-state index in [1.54, 1.807) is 0 Å². The summed E-state index contributed by atoms with van der Waals surface area (Å²) in [5, 5.41) is 0. The van der Waals surface area contributed by atoms with Crippen molar-refractivity contribution in [2.24, 2.45) is 46.3 Å². The van der Waals surface area contributed by atoms with E-state index in [-0.39, 0.29) is 24.7 Å². The Morgan fingerprint density at radius 1 is 1.02 bits per heavy atom. The number of allylic oxidation sites excluding steroid dienone is 1. The van der Waals surface area contributed by atoms with Crippen molar-refractivity contribution in [3.05, 3.63) is 11.6 Å². The second kappa shape index (κ2) is 11.5. The lowest BCUT2D eigenvalue weighted by molar-refractivity contribution is -0.141. The van der Waals surface area contributed by atoms with Gasteiger partial charge < -0.3 is 18.9 Å². The van der Waals surface area contributed by atoms with Gasteiger partial charge in [-0.05, 0) is 97.7 Å². The lowest BCUT2D eigenvalue weighted by Crippen LogP contribution is -2.51. The molecular weight excluding hydrogens is 504 g/mol. The highest BCUT2D eigenvalue weighted by Gasteiger charge is 2.59. The predicted octanol–water partition coefficient (Wildman–Crippen LogP) is 8.87. The van der Waals surface area contributed by atoms with Crippen molar-refractivity contribution in [3.63, 3.8) is 0 Å². The normalized spacial score (nSPS) is 39.1. The molecule has 0 aromatic heterocycles. The summed E-state index contributed by atoms with van der Waals surface area (Å²) in [6.07, 6.45) is 15.1. The Balaban J connectivity index is 1.20. The summed E-state index contributed by atoms with van der Waals surface area (Å²) in [5.41, 5.74) is 1.24. The number of rotatable bonds is 8. The molecule has 226 valence electrons. The third-order valence-corrected chi connectivity index (χ3v) is 12.4. The number of cyclic esters (lactones) is 2. The van der Waals surface area contributed by atoms with Crippen LogP contribution in [0.1, 0.15) is 119 Å². The van der Waals surface area contributed by atoms with Crippen molar-refractivity contribution in [2.45, 2.75) is 130 Å². The van der Waals surface area contributed by atoms with Gasteiger partial charge in [0.05, 0.1) is 0 Å². The van der Waals surface area contributed by atoms with Crippen molar-refractivity contribution < 1.29 is 28.5 Å². The third kappa shape index (κ3) is 5.54. The van der Waals surface area contributed by atoms with Gasteiger partial charge in [0.2, 0.25) is 0 Å². The van der Waals surface area contributed by atoms with Crippen molar-refractivity contribution in [2.75, 3.05) is 13.2 Å². The molecule has 5 rings (SSSR count). The smallest absolute Gasteiger partial charge is 0.431 e. The van der Waals surface area contributed by atoms with Crippen LogP contribution >= 0.6 is 0 Å². The fourth-order valence-corrected chi connectivity index (χ4v) is 9.89. The van der Waals surface area contributed by atoms with Gasteiger partial charge in [-0.1, -0.05) is 72.5 Å². The molecule has 6 heteroatoms. The Labute approximate surface area is 242 Å². The minimum atomic E-state index is -0.967. The summed E-state index contributed by atoms with van der Waals surface area (Å²) < 4.78 is 21.5. The summed E-state index contributed by atoms with van der Waals surface area (Å²) in [6.45, 7) is 14.3. The fraction of sp³-hybridized carbons (Fsp3) is 0.882. The number of carbonyl (C=O) groups excluding carboxylic acids is 2. The third-order valence-electron chi connectivity index (χ3n) is 12.4. The summed E-state index contributed by atoms with van der Waals surface area (Å²) in [6, 6.07) is 0. The highest BCUT2D eigenvalue weighted by atomic mass is 16.8. The SMILES string of the molecule is CCC1(OC(=O)O[C@H]2CC[C@@]3(C)C(=CC[C@H]4[C@@H]5CC[C@H]([C@H](C)CCCC(C)C)[C@@]5(C)CC[C@@H]43)C2)COC(=O)OC1. The van der Waals surface area contributed by atoms with E-state index >= 15 is 0 Å². The second-order valence-corrected chi connectivity index (χ2v) is 15.0. The molecule has 1 heterocycles. The van der Waals surface area contributed by atoms with Gasteiger partial charge >= 0.3 is 12.3 Å². The first-order valence-electron chi connectivity index (χ1n) is 16.4. The maximum Gasteiger partial charge on any atom is 0.509 e. The van der Waals surface area contributed by atoms with E-state index in [4.69, 9.17) is 18.9 Å². The van der Waals surface area contributed by atoms with Crippen LogP contribution < -0.4 is 0 Å². The van der Waals surface area contributed by atoms with Crippen LogP contribution in [0, 0.1) is 46.3 Å². The van der Waals surface area contributed by atoms with Crippen LogP contribution in [-0.4, -0.2) is 37.2 Å². The molecule has 0 radical (unpaired) electrons. The van der Waals surface area contributed by atoms with Crippen LogP contribution in [0.4, 0.5) is 9.59 Å². The quantitative estimate of drug-likeness (QED) is 0.219. The van der Waals surface area contributed by atoms with Crippen molar-refractivity contribution >= 4 is 12.3 Å². The molecule has 0 spiro atoms. The van der Waals surface area contributed by atoms with Crippen LogP contribution in [0.25, 0.3) is 0 Å². The van der Waals surface area contributed by atoms with Crippen LogP contribution in [0.5, 0.6) is 0 Å². The van der Waals surface area contributed by atoms with Gasteiger partial charge in [0.15, 0.2) is 5.60 Å². The molecule has 0 aromatic rings. The molecule has 0 aromatic carbocycles. The number of hydrogen-bond donors (Lipinski definition) is 0. The highest BCUT2D eigenvalue weighted by molar-refractivity contribution is 5.63. The molecule has 0 amide bonds. The zero-order valence-corrected chi connectivity index (χ0v) is 26.0. The molecule has 0 unspecified atom stereocenters. The van der Waals surface area contributed by atoms with E-state index in [0.29, 0.717) is 11.8 Å². The zero-order chi connectivity index (χ0) is 28.7. The van der Waals surface area contributed by atoms with E-state index in [0.717, 1.165) is 54.8 Å². The molecule has 4 fully saturated rings. The summed E-state index contributed by atoms with van der Waals surface area (Å²) >= 11 is 0. The molecule has 40 heavy (non-hydrogen) atoms. The molecule has 8 atom stereocenters. The van der Waals surface area contributed by atoms with E-state index in [1.165, 1.54) is 56.9 Å². The monoisotopic (exact) mass is 558 g/mol. The summed E-state index contributed by atoms with van der Waals surface area (Å²) in [7, 11) is 0. The lowest BCUT2D eigenvalue weighted by atomic mass is 9.47. The van der Waals surface area contributed by atoms with E-state index < -0.39 is 17.9 Å². The molecule has 1 saturated heterocycles. The average molecular weight is 559 g/mol. The summed E-state index contributed by atoms with van der Waals surface area (Å²) in [4.78, 5) is 24.1. The van der Waals surface area contributed by atoms with Gasteiger partial charge in [-0.15, -0.1) is 0 Å². The summed E-state index contributed by atoms with van der Waals surface area (Å²) in [5.74, 6) is 4.91. The Hall–Kier alpha value is -1.72. The topological polar surface area (TPSA) is 71.1 Å². The first-order chi connectivity index (χ1) is 19.0. The van der Waals surface area contributed by atoms with Crippen molar-refractivity contribution in [1.29, 1.82) is 0 Å². The molecule has 1 aliphatic heterocycles. The van der Waals surface area contributed by atoms with Crippen LogP contribution in [0.15, 0.2) is 11.6 Å². The van der Waals surface area contributed by atoms with Gasteiger partial charge in [0, 0.05) is 6.42 Å². The minimum Gasteiger partial charge on any atom is -0.431 e. The van der Waals surface area contributed by atoms with Crippen LogP contribution in [0.3, 0.4) is 0 Å². The first kappa shape index (κ1) is 29.8. The van der Waals surface area contributed by atoms with E-state index in [9.17, 15) is 9.59 Å². The molecular formula is C34H54O6. The molecule has 0 bridgehead atoms. The standard InChI is InChI=1S/C34H54O6/c1-7-34(20-37-30(35)38-21-34)40-31(36)39-25-15-17-32(5)24(19-25)11-12-26-28-14-13-27(23(4)10-8-9-22(2)3)33(28,6)18-16-29(26)32/h11,22-23,25-29H,7-10,12-21H2,1-6H3/t23-,25+,26+,27-,28+,29+,32+,33-/m1/s1. The molecule has 6 nitrogen and oxygen atoms in total. The number of hydrogen-bond acceptors (Lipinski definition) is 6. The van der Waals surface area contributed by atoms with Gasteiger partial charge in [0.1, 0.15) is 19.3 Å². The maximum absolute atomic E-state index is 12.8. The Kier molecular flexibility index (Phi) is 8.57. The van der Waals surface area contributed by atoms with Crippen LogP contribution in [-0.2, 0) is 18.9 Å². The molecule has 0 N–H and O–H groups in total. The van der Waals surface area contributed by atoms with Crippen LogP contribution in [0.2, 0.25) is 0 Å². The second-order valence-electron chi connectivity index (χ2n) is 15.0. The maximum atomic E-state index is 12.8.